The maximum atomic E-state index is 14.1. The van der Waals surface area contributed by atoms with Crippen LogP contribution in [-0.2, 0) is 4.84 Å². The largest absolute Gasteiger partial charge is 0.378 e. The zero-order chi connectivity index (χ0) is 17.4. The molecule has 1 aliphatic heterocycles. The van der Waals surface area contributed by atoms with E-state index in [1.54, 1.807) is 31.1 Å². The van der Waals surface area contributed by atoms with E-state index in [-0.39, 0.29) is 16.7 Å². The lowest BCUT2D eigenvalue weighted by molar-refractivity contribution is -0.0587. The van der Waals surface area contributed by atoms with E-state index in [0.29, 0.717) is 10.8 Å². The Morgan fingerprint density at radius 3 is 2.12 bits per heavy atom. The Hall–Kier alpha value is -3.22. The predicted octanol–water partition coefficient (Wildman–Crippen LogP) is 2.26. The van der Waals surface area contributed by atoms with Crippen molar-refractivity contribution in [3.05, 3.63) is 65.0 Å². The van der Waals surface area contributed by atoms with E-state index >= 15 is 0 Å². The summed E-state index contributed by atoms with van der Waals surface area (Å²) in [6.45, 7) is 0. The second kappa shape index (κ2) is 5.77. The molecule has 0 saturated carbocycles. The summed E-state index contributed by atoms with van der Waals surface area (Å²) in [5, 5.41) is 0.353. The van der Waals surface area contributed by atoms with Gasteiger partial charge >= 0.3 is 5.97 Å². The molecule has 1 aliphatic rings. The van der Waals surface area contributed by atoms with Crippen LogP contribution in [0.1, 0.15) is 31.1 Å². The lowest BCUT2D eigenvalue weighted by atomic mass is 10.1. The highest BCUT2D eigenvalue weighted by atomic mass is 19.1. The molecule has 122 valence electrons. The van der Waals surface area contributed by atoms with Gasteiger partial charge in [-0.15, -0.1) is 0 Å². The SMILES string of the molecule is CN(C)c1ccc(C(=O)ON2C(=O)c3ccccc3C2=O)c(F)c1. The van der Waals surface area contributed by atoms with Gasteiger partial charge in [-0.3, -0.25) is 9.59 Å². The first-order chi connectivity index (χ1) is 11.4. The molecule has 0 aromatic heterocycles. The summed E-state index contributed by atoms with van der Waals surface area (Å²) in [7, 11) is 3.46. The number of imide groups is 1. The van der Waals surface area contributed by atoms with Crippen LogP contribution < -0.4 is 4.90 Å². The molecule has 24 heavy (non-hydrogen) atoms. The number of rotatable bonds is 3. The molecule has 0 saturated heterocycles. The summed E-state index contributed by atoms with van der Waals surface area (Å²) in [5.41, 5.74) is 0.472. The van der Waals surface area contributed by atoms with Crippen LogP contribution in [0.3, 0.4) is 0 Å². The third kappa shape index (κ3) is 2.50. The van der Waals surface area contributed by atoms with Crippen molar-refractivity contribution in [1.29, 1.82) is 0 Å². The van der Waals surface area contributed by atoms with Crippen LogP contribution in [0.5, 0.6) is 0 Å². The number of hydroxylamine groups is 2. The van der Waals surface area contributed by atoms with E-state index in [1.165, 1.54) is 30.3 Å². The summed E-state index contributed by atoms with van der Waals surface area (Å²) in [6.07, 6.45) is 0. The van der Waals surface area contributed by atoms with E-state index in [0.717, 1.165) is 0 Å². The summed E-state index contributed by atoms with van der Waals surface area (Å²) in [4.78, 5) is 42.9. The van der Waals surface area contributed by atoms with Gasteiger partial charge in [-0.1, -0.05) is 17.2 Å². The second-order valence-corrected chi connectivity index (χ2v) is 5.39. The number of fused-ring (bicyclic) bond motifs is 1. The normalized spacial score (nSPS) is 13.0. The highest BCUT2D eigenvalue weighted by Crippen LogP contribution is 2.24. The first-order valence-electron chi connectivity index (χ1n) is 7.07. The molecule has 2 aromatic carbocycles. The number of halogens is 1. The molecule has 2 aromatic rings. The van der Waals surface area contributed by atoms with Crippen molar-refractivity contribution in [3.63, 3.8) is 0 Å². The molecule has 0 unspecified atom stereocenters. The van der Waals surface area contributed by atoms with E-state index in [4.69, 9.17) is 4.84 Å². The zero-order valence-corrected chi connectivity index (χ0v) is 12.9. The van der Waals surface area contributed by atoms with Crippen molar-refractivity contribution in [3.8, 4) is 0 Å². The van der Waals surface area contributed by atoms with Gasteiger partial charge in [0.05, 0.1) is 16.7 Å². The average Bonchev–Trinajstić information content (AvgIpc) is 2.80. The smallest absolute Gasteiger partial charge is 0.366 e. The van der Waals surface area contributed by atoms with E-state index in [1.807, 2.05) is 0 Å². The van der Waals surface area contributed by atoms with Gasteiger partial charge in [-0.2, -0.15) is 0 Å². The molecular weight excluding hydrogens is 315 g/mol. The van der Waals surface area contributed by atoms with E-state index in [9.17, 15) is 18.8 Å². The fourth-order valence-corrected chi connectivity index (χ4v) is 2.33. The van der Waals surface area contributed by atoms with Crippen molar-refractivity contribution in [2.24, 2.45) is 0 Å². The van der Waals surface area contributed by atoms with Crippen molar-refractivity contribution < 1.29 is 23.6 Å². The van der Waals surface area contributed by atoms with Crippen molar-refractivity contribution in [1.82, 2.24) is 5.06 Å². The quantitative estimate of drug-likeness (QED) is 0.809. The Labute approximate surface area is 137 Å². The number of nitrogens with zero attached hydrogens (tertiary/aromatic N) is 2. The molecule has 0 aliphatic carbocycles. The molecule has 0 atom stereocenters. The van der Waals surface area contributed by atoms with Gasteiger partial charge in [0.15, 0.2) is 0 Å². The minimum Gasteiger partial charge on any atom is -0.378 e. The summed E-state index contributed by atoms with van der Waals surface area (Å²) in [6, 6.07) is 10.0. The molecule has 0 N–H and O–H groups in total. The van der Waals surface area contributed by atoms with Crippen LogP contribution >= 0.6 is 0 Å². The zero-order valence-electron chi connectivity index (χ0n) is 12.9. The van der Waals surface area contributed by atoms with Crippen molar-refractivity contribution in [2.75, 3.05) is 19.0 Å². The molecule has 0 bridgehead atoms. The van der Waals surface area contributed by atoms with E-state index in [2.05, 4.69) is 0 Å². The number of amides is 2. The predicted molar refractivity (Wildman–Crippen MR) is 83.1 cm³/mol. The number of benzene rings is 2. The third-order valence-corrected chi connectivity index (χ3v) is 3.62. The number of anilines is 1. The first-order valence-corrected chi connectivity index (χ1v) is 7.07. The first kappa shape index (κ1) is 15.7. The minimum absolute atomic E-state index is 0.138. The Kier molecular flexibility index (Phi) is 3.76. The lowest BCUT2D eigenvalue weighted by Gasteiger charge is -2.15. The number of carbonyl (C=O) groups is 3. The van der Waals surface area contributed by atoms with E-state index < -0.39 is 23.6 Å². The Bertz CT molecular complexity index is 828. The molecule has 6 nitrogen and oxygen atoms in total. The third-order valence-electron chi connectivity index (χ3n) is 3.62. The molecule has 0 radical (unpaired) electrons. The van der Waals surface area contributed by atoms with Crippen LogP contribution in [0, 0.1) is 5.82 Å². The molecule has 0 spiro atoms. The van der Waals surface area contributed by atoms with Crippen LogP contribution in [0.15, 0.2) is 42.5 Å². The fourth-order valence-electron chi connectivity index (χ4n) is 2.33. The second-order valence-electron chi connectivity index (χ2n) is 5.39. The van der Waals surface area contributed by atoms with Crippen LogP contribution in [-0.4, -0.2) is 36.9 Å². The molecule has 3 rings (SSSR count). The Morgan fingerprint density at radius 2 is 1.62 bits per heavy atom. The highest BCUT2D eigenvalue weighted by molar-refractivity contribution is 6.21. The standard InChI is InChI=1S/C17H13FN2O4/c1-19(2)10-7-8-13(14(18)9-10)17(23)24-20-15(21)11-5-3-4-6-12(11)16(20)22/h3-9H,1-2H3. The van der Waals surface area contributed by atoms with Crippen LogP contribution in [0.25, 0.3) is 0 Å². The van der Waals surface area contributed by atoms with Crippen LogP contribution in [0.4, 0.5) is 10.1 Å². The highest BCUT2D eigenvalue weighted by Gasteiger charge is 2.39. The number of hydrogen-bond acceptors (Lipinski definition) is 5. The van der Waals surface area contributed by atoms with Gasteiger partial charge in [-0.25, -0.2) is 9.18 Å². The summed E-state index contributed by atoms with van der Waals surface area (Å²) >= 11 is 0. The maximum absolute atomic E-state index is 14.1. The van der Waals surface area contributed by atoms with Gasteiger partial charge in [0.1, 0.15) is 5.82 Å². The number of carbonyl (C=O) groups excluding carboxylic acids is 3. The minimum atomic E-state index is -1.12. The fraction of sp³-hybridized carbons (Fsp3) is 0.118. The topological polar surface area (TPSA) is 66.9 Å². The molecule has 2 amide bonds. The van der Waals surface area contributed by atoms with Crippen LogP contribution in [0.2, 0.25) is 0 Å². The monoisotopic (exact) mass is 328 g/mol. The molecule has 0 fully saturated rings. The van der Waals surface area contributed by atoms with Gasteiger partial charge in [-0.05, 0) is 30.3 Å². The summed E-state index contributed by atoms with van der Waals surface area (Å²) in [5.74, 6) is -3.43. The Balaban J connectivity index is 1.84. The lowest BCUT2D eigenvalue weighted by Crippen LogP contribution is -2.33. The average molecular weight is 328 g/mol. The number of hydrogen-bond donors (Lipinski definition) is 0. The molecule has 1 heterocycles. The maximum Gasteiger partial charge on any atom is 0.366 e. The van der Waals surface area contributed by atoms with Gasteiger partial charge in [0, 0.05) is 19.8 Å². The van der Waals surface area contributed by atoms with Gasteiger partial charge in [0.25, 0.3) is 11.8 Å². The summed E-state index contributed by atoms with van der Waals surface area (Å²) < 4.78 is 14.1. The molecular formula is C17H13FN2O4. The van der Waals surface area contributed by atoms with Gasteiger partial charge < -0.3 is 9.74 Å². The van der Waals surface area contributed by atoms with Crippen molar-refractivity contribution in [2.45, 2.75) is 0 Å². The van der Waals surface area contributed by atoms with Gasteiger partial charge in [0.2, 0.25) is 0 Å². The Morgan fingerprint density at radius 1 is 1.04 bits per heavy atom. The molecule has 7 heteroatoms. The van der Waals surface area contributed by atoms with Crippen molar-refractivity contribution >= 4 is 23.5 Å².